The minimum absolute atomic E-state index is 1.11. The third kappa shape index (κ3) is 4.84. The fourth-order valence-electron chi connectivity index (χ4n) is 5.98. The molecule has 0 saturated carbocycles. The van der Waals surface area contributed by atoms with E-state index in [-0.39, 0.29) is 0 Å². The molecule has 0 aliphatic rings. The van der Waals surface area contributed by atoms with Crippen molar-refractivity contribution in [2.45, 2.75) is 0 Å². The van der Waals surface area contributed by atoms with Crippen molar-refractivity contribution in [2.24, 2.45) is 0 Å². The molecule has 0 bridgehead atoms. The second-order valence-electron chi connectivity index (χ2n) is 10.9. The predicted molar refractivity (Wildman–Crippen MR) is 188 cm³/mol. The molecule has 0 atom stereocenters. The molecule has 8 rings (SSSR count). The summed E-state index contributed by atoms with van der Waals surface area (Å²) in [5.41, 5.74) is 10.6. The number of pyridine rings is 1. The van der Waals surface area contributed by atoms with E-state index in [4.69, 9.17) is 0 Å². The van der Waals surface area contributed by atoms with Crippen LogP contribution in [0.2, 0.25) is 0 Å². The topological polar surface area (TPSA) is 16.1 Å². The molecule has 2 nitrogen and oxygen atoms in total. The number of rotatable bonds is 6. The molecule has 0 radical (unpaired) electrons. The van der Waals surface area contributed by atoms with Crippen molar-refractivity contribution in [3.05, 3.63) is 170 Å². The number of fused-ring (bicyclic) bond motifs is 3. The first-order chi connectivity index (χ1) is 21.8. The zero-order valence-corrected chi connectivity index (χ0v) is 24.8. The number of thiophene rings is 1. The van der Waals surface area contributed by atoms with E-state index in [0.29, 0.717) is 0 Å². The van der Waals surface area contributed by atoms with Crippen LogP contribution in [0, 0.1) is 0 Å². The highest BCUT2D eigenvalue weighted by Gasteiger charge is 2.15. The average molecular weight is 581 g/mol. The normalized spacial score (nSPS) is 11.2. The maximum Gasteiger partial charge on any atom is 0.0538 e. The minimum Gasteiger partial charge on any atom is -0.311 e. The van der Waals surface area contributed by atoms with Gasteiger partial charge in [-0.15, -0.1) is 11.3 Å². The van der Waals surface area contributed by atoms with Gasteiger partial charge in [-0.05, 0) is 75.8 Å². The van der Waals surface area contributed by atoms with E-state index >= 15 is 0 Å². The molecule has 0 spiro atoms. The Kier molecular flexibility index (Phi) is 6.71. The van der Waals surface area contributed by atoms with E-state index in [1.807, 2.05) is 23.7 Å². The van der Waals surface area contributed by atoms with Crippen LogP contribution in [0.25, 0.3) is 53.6 Å². The fourth-order valence-corrected chi connectivity index (χ4v) is 7.19. The van der Waals surface area contributed by atoms with Crippen molar-refractivity contribution in [3.63, 3.8) is 0 Å². The van der Waals surface area contributed by atoms with E-state index in [0.717, 1.165) is 17.1 Å². The Morgan fingerprint density at radius 1 is 0.409 bits per heavy atom. The second-order valence-corrected chi connectivity index (χ2v) is 11.9. The van der Waals surface area contributed by atoms with Gasteiger partial charge in [0.25, 0.3) is 0 Å². The third-order valence-electron chi connectivity index (χ3n) is 8.20. The van der Waals surface area contributed by atoms with Crippen LogP contribution in [0.4, 0.5) is 17.1 Å². The number of hydrogen-bond donors (Lipinski definition) is 0. The molecule has 8 aromatic rings. The summed E-state index contributed by atoms with van der Waals surface area (Å²) in [5, 5.41) is 2.55. The van der Waals surface area contributed by atoms with E-state index in [1.54, 1.807) is 0 Å². The summed E-state index contributed by atoms with van der Waals surface area (Å²) in [6.07, 6.45) is 3.85. The first kappa shape index (κ1) is 26.1. The van der Waals surface area contributed by atoms with Crippen molar-refractivity contribution in [3.8, 4) is 33.4 Å². The number of hydrogen-bond acceptors (Lipinski definition) is 3. The summed E-state index contributed by atoms with van der Waals surface area (Å²) >= 11 is 1.81. The quantitative estimate of drug-likeness (QED) is 0.194. The van der Waals surface area contributed by atoms with Gasteiger partial charge in [0.05, 0.1) is 4.70 Å². The van der Waals surface area contributed by atoms with Crippen LogP contribution in [0.3, 0.4) is 0 Å². The Morgan fingerprint density at radius 2 is 0.909 bits per heavy atom. The molecule has 0 fully saturated rings. The van der Waals surface area contributed by atoms with E-state index in [1.165, 1.54) is 53.6 Å². The van der Waals surface area contributed by atoms with Gasteiger partial charge in [-0.1, -0.05) is 115 Å². The zero-order chi connectivity index (χ0) is 29.3. The number of anilines is 3. The van der Waals surface area contributed by atoms with Gasteiger partial charge in [0.15, 0.2) is 0 Å². The van der Waals surface area contributed by atoms with Gasteiger partial charge in [-0.2, -0.15) is 0 Å². The van der Waals surface area contributed by atoms with Gasteiger partial charge in [-0.3, -0.25) is 4.98 Å². The van der Waals surface area contributed by atoms with Crippen molar-refractivity contribution < 1.29 is 0 Å². The Labute approximate surface area is 261 Å². The van der Waals surface area contributed by atoms with Gasteiger partial charge in [0.1, 0.15) is 0 Å². The predicted octanol–water partition coefficient (Wildman–Crippen LogP) is 11.9. The number of nitrogens with zero attached hydrogens (tertiary/aromatic N) is 2. The molecule has 0 N–H and O–H groups in total. The zero-order valence-electron chi connectivity index (χ0n) is 24.0. The van der Waals surface area contributed by atoms with Crippen LogP contribution in [0.15, 0.2) is 170 Å². The number of benzene rings is 6. The van der Waals surface area contributed by atoms with Crippen LogP contribution in [0.1, 0.15) is 0 Å². The maximum absolute atomic E-state index is 4.35. The summed E-state index contributed by atoms with van der Waals surface area (Å²) in [4.78, 5) is 6.68. The van der Waals surface area contributed by atoms with Crippen LogP contribution < -0.4 is 4.90 Å². The van der Waals surface area contributed by atoms with Crippen molar-refractivity contribution in [1.29, 1.82) is 0 Å². The molecule has 6 aromatic carbocycles. The van der Waals surface area contributed by atoms with Gasteiger partial charge in [0, 0.05) is 44.9 Å². The SMILES string of the molecule is c1ccc(-c2ccc(N(c3ccc(-c4ccccc4)cc3)c3ccc(-c4cccc5c4sc4cnccc45)cc3)cc2)cc1. The van der Waals surface area contributed by atoms with Crippen LogP contribution in [-0.4, -0.2) is 4.98 Å². The molecule has 0 amide bonds. The van der Waals surface area contributed by atoms with Crippen LogP contribution >= 0.6 is 11.3 Å². The standard InChI is InChI=1S/C41H28N2S/c1-3-8-29(9-4-1)31-14-20-34(21-15-31)43(35-22-16-32(17-23-35)30-10-5-2-6-11-30)36-24-18-33(19-25-36)37-12-7-13-39-38-26-27-42-28-40(38)44-41(37)39/h1-28H. The molecule has 0 aliphatic heterocycles. The highest BCUT2D eigenvalue weighted by atomic mass is 32.1. The average Bonchev–Trinajstić information content (AvgIpc) is 3.49. The largest absolute Gasteiger partial charge is 0.311 e. The van der Waals surface area contributed by atoms with E-state index in [2.05, 4.69) is 168 Å². The molecule has 2 heterocycles. The summed E-state index contributed by atoms with van der Waals surface area (Å²) in [5.74, 6) is 0. The number of aromatic nitrogens is 1. The highest BCUT2D eigenvalue weighted by Crippen LogP contribution is 2.41. The Morgan fingerprint density at radius 3 is 1.45 bits per heavy atom. The van der Waals surface area contributed by atoms with E-state index in [9.17, 15) is 0 Å². The van der Waals surface area contributed by atoms with Crippen molar-refractivity contribution in [2.75, 3.05) is 4.90 Å². The Hall–Kier alpha value is -5.51. The molecule has 0 unspecified atom stereocenters. The first-order valence-corrected chi connectivity index (χ1v) is 15.6. The van der Waals surface area contributed by atoms with Crippen LogP contribution in [0.5, 0.6) is 0 Å². The molecule has 44 heavy (non-hydrogen) atoms. The van der Waals surface area contributed by atoms with Gasteiger partial charge < -0.3 is 4.90 Å². The van der Waals surface area contributed by atoms with Gasteiger partial charge >= 0.3 is 0 Å². The maximum atomic E-state index is 4.35. The van der Waals surface area contributed by atoms with Crippen LogP contribution in [-0.2, 0) is 0 Å². The fraction of sp³-hybridized carbons (Fsp3) is 0. The van der Waals surface area contributed by atoms with Crippen molar-refractivity contribution >= 4 is 48.6 Å². The molecular formula is C41H28N2S. The third-order valence-corrected chi connectivity index (χ3v) is 9.39. The molecule has 3 heteroatoms. The lowest BCUT2D eigenvalue weighted by Crippen LogP contribution is -2.09. The van der Waals surface area contributed by atoms with Gasteiger partial charge in [-0.25, -0.2) is 0 Å². The monoisotopic (exact) mass is 580 g/mol. The van der Waals surface area contributed by atoms with Gasteiger partial charge in [0.2, 0.25) is 0 Å². The summed E-state index contributed by atoms with van der Waals surface area (Å²) in [7, 11) is 0. The lowest BCUT2D eigenvalue weighted by molar-refractivity contribution is 1.28. The summed E-state index contributed by atoms with van der Waals surface area (Å²) in [6, 6.07) is 56.4. The first-order valence-electron chi connectivity index (χ1n) is 14.8. The highest BCUT2D eigenvalue weighted by molar-refractivity contribution is 7.26. The second kappa shape index (κ2) is 11.3. The minimum atomic E-state index is 1.11. The van der Waals surface area contributed by atoms with Crippen molar-refractivity contribution in [1.82, 2.24) is 4.98 Å². The smallest absolute Gasteiger partial charge is 0.0538 e. The Balaban J connectivity index is 1.19. The lowest BCUT2D eigenvalue weighted by Gasteiger charge is -2.26. The lowest BCUT2D eigenvalue weighted by atomic mass is 10.0. The van der Waals surface area contributed by atoms with E-state index < -0.39 is 0 Å². The Bertz CT molecular complexity index is 2100. The molecule has 0 saturated heterocycles. The summed E-state index contributed by atoms with van der Waals surface area (Å²) in [6.45, 7) is 0. The molecule has 2 aromatic heterocycles. The molecule has 0 aliphatic carbocycles. The summed E-state index contributed by atoms with van der Waals surface area (Å²) < 4.78 is 2.52. The molecular weight excluding hydrogens is 553 g/mol. The molecule has 208 valence electrons.